The van der Waals surface area contributed by atoms with Gasteiger partial charge in [-0.05, 0) is 11.5 Å². The molecule has 0 saturated heterocycles. The Balaban J connectivity index is 2.47. The van der Waals surface area contributed by atoms with Gasteiger partial charge in [0, 0.05) is 13.2 Å². The lowest BCUT2D eigenvalue weighted by Crippen LogP contribution is -2.48. The van der Waals surface area contributed by atoms with Crippen molar-refractivity contribution < 1.29 is 4.79 Å². The molecule has 1 aromatic rings. The van der Waals surface area contributed by atoms with E-state index in [-0.39, 0.29) is 11.3 Å². The first kappa shape index (κ1) is 12.7. The monoisotopic (exact) mass is 224 g/mol. The first-order chi connectivity index (χ1) is 7.30. The summed E-state index contributed by atoms with van der Waals surface area (Å²) in [6, 6.07) is 1.36. The van der Waals surface area contributed by atoms with Gasteiger partial charge in [0.2, 0.25) is 5.91 Å². The van der Waals surface area contributed by atoms with Crippen LogP contribution in [0.4, 0.5) is 0 Å². The summed E-state index contributed by atoms with van der Waals surface area (Å²) in [7, 11) is 1.84. The lowest BCUT2D eigenvalue weighted by Gasteiger charge is -2.25. The average molecular weight is 224 g/mol. The van der Waals surface area contributed by atoms with Crippen LogP contribution in [0.25, 0.3) is 0 Å². The minimum atomic E-state index is -0.504. The van der Waals surface area contributed by atoms with Crippen LogP contribution in [0.15, 0.2) is 12.3 Å². The Morgan fingerprint density at radius 1 is 1.62 bits per heavy atom. The van der Waals surface area contributed by atoms with Gasteiger partial charge in [0.1, 0.15) is 0 Å². The number of carbonyl (C=O) groups is 1. The number of rotatable bonds is 3. The molecule has 3 N–H and O–H groups in total. The minimum Gasteiger partial charge on any atom is -0.349 e. The summed E-state index contributed by atoms with van der Waals surface area (Å²) in [5.41, 5.74) is 6.43. The average Bonchev–Trinajstić information content (AvgIpc) is 2.58. The SMILES string of the molecule is Cn1ccc(CNC(=O)[C@H](N)C(C)(C)C)n1. The Bertz CT molecular complexity index is 364. The van der Waals surface area contributed by atoms with E-state index in [1.807, 2.05) is 40.1 Å². The van der Waals surface area contributed by atoms with Gasteiger partial charge in [-0.25, -0.2) is 0 Å². The Labute approximate surface area is 96.0 Å². The second kappa shape index (κ2) is 4.65. The molecule has 0 unspecified atom stereocenters. The third kappa shape index (κ3) is 3.34. The number of aryl methyl sites for hydroxylation is 1. The maximum Gasteiger partial charge on any atom is 0.237 e. The lowest BCUT2D eigenvalue weighted by atomic mass is 9.87. The van der Waals surface area contributed by atoms with Crippen LogP contribution >= 0.6 is 0 Å². The van der Waals surface area contributed by atoms with E-state index in [0.29, 0.717) is 6.54 Å². The van der Waals surface area contributed by atoms with Crippen LogP contribution < -0.4 is 11.1 Å². The predicted octanol–water partition coefficient (Wildman–Crippen LogP) is 0.410. The fraction of sp³-hybridized carbons (Fsp3) is 0.636. The van der Waals surface area contributed by atoms with Gasteiger partial charge in [-0.3, -0.25) is 9.48 Å². The first-order valence-electron chi connectivity index (χ1n) is 5.32. The molecule has 0 aromatic carbocycles. The highest BCUT2D eigenvalue weighted by molar-refractivity contribution is 5.82. The minimum absolute atomic E-state index is 0.141. The normalized spacial score (nSPS) is 13.6. The maximum atomic E-state index is 11.7. The van der Waals surface area contributed by atoms with Crippen LogP contribution in [0.2, 0.25) is 0 Å². The van der Waals surface area contributed by atoms with Crippen molar-refractivity contribution in [1.29, 1.82) is 0 Å². The predicted molar refractivity (Wildman–Crippen MR) is 62.5 cm³/mol. The molecule has 0 aliphatic heterocycles. The van der Waals surface area contributed by atoms with E-state index in [1.165, 1.54) is 0 Å². The Kier molecular flexibility index (Phi) is 3.70. The summed E-state index contributed by atoms with van der Waals surface area (Å²) in [5.74, 6) is -0.141. The van der Waals surface area contributed by atoms with E-state index in [4.69, 9.17) is 5.73 Å². The molecule has 0 fully saturated rings. The molecule has 5 nitrogen and oxygen atoms in total. The van der Waals surface area contributed by atoms with Gasteiger partial charge in [-0.2, -0.15) is 5.10 Å². The van der Waals surface area contributed by atoms with E-state index in [1.54, 1.807) is 4.68 Å². The van der Waals surface area contributed by atoms with E-state index in [2.05, 4.69) is 10.4 Å². The first-order valence-corrected chi connectivity index (χ1v) is 5.32. The highest BCUT2D eigenvalue weighted by Crippen LogP contribution is 2.17. The number of nitrogens with two attached hydrogens (primary N) is 1. The highest BCUT2D eigenvalue weighted by atomic mass is 16.2. The second-order valence-electron chi connectivity index (χ2n) is 5.04. The van der Waals surface area contributed by atoms with Crippen LogP contribution in [0.1, 0.15) is 26.5 Å². The van der Waals surface area contributed by atoms with Crippen molar-refractivity contribution in [3.63, 3.8) is 0 Å². The van der Waals surface area contributed by atoms with Gasteiger partial charge in [0.25, 0.3) is 0 Å². The van der Waals surface area contributed by atoms with E-state index in [0.717, 1.165) is 5.69 Å². The molecule has 1 atom stereocenters. The van der Waals surface area contributed by atoms with Gasteiger partial charge in [0.15, 0.2) is 0 Å². The zero-order valence-corrected chi connectivity index (χ0v) is 10.3. The molecule has 0 aliphatic carbocycles. The van der Waals surface area contributed by atoms with Crippen molar-refractivity contribution in [1.82, 2.24) is 15.1 Å². The maximum absolute atomic E-state index is 11.7. The van der Waals surface area contributed by atoms with Crippen LogP contribution in [0.3, 0.4) is 0 Å². The van der Waals surface area contributed by atoms with Crippen molar-refractivity contribution in [2.75, 3.05) is 0 Å². The zero-order chi connectivity index (χ0) is 12.3. The molecule has 0 radical (unpaired) electrons. The molecule has 1 heterocycles. The summed E-state index contributed by atoms with van der Waals surface area (Å²) < 4.78 is 1.70. The summed E-state index contributed by atoms with van der Waals surface area (Å²) in [4.78, 5) is 11.7. The van der Waals surface area contributed by atoms with Crippen molar-refractivity contribution in [3.8, 4) is 0 Å². The molecule has 1 amide bonds. The fourth-order valence-corrected chi connectivity index (χ4v) is 1.24. The van der Waals surface area contributed by atoms with Crippen LogP contribution in [-0.4, -0.2) is 21.7 Å². The van der Waals surface area contributed by atoms with Gasteiger partial charge in [0.05, 0.1) is 18.3 Å². The Morgan fingerprint density at radius 2 is 2.25 bits per heavy atom. The largest absolute Gasteiger partial charge is 0.349 e. The van der Waals surface area contributed by atoms with Crippen molar-refractivity contribution >= 4 is 5.91 Å². The molecule has 1 aromatic heterocycles. The number of carbonyl (C=O) groups excluding carboxylic acids is 1. The third-order valence-corrected chi connectivity index (χ3v) is 2.43. The van der Waals surface area contributed by atoms with Gasteiger partial charge in [-0.15, -0.1) is 0 Å². The molecular weight excluding hydrogens is 204 g/mol. The molecular formula is C11H20N4O. The molecule has 90 valence electrons. The number of nitrogens with one attached hydrogen (secondary N) is 1. The van der Waals surface area contributed by atoms with Crippen LogP contribution in [0.5, 0.6) is 0 Å². The van der Waals surface area contributed by atoms with Crippen molar-refractivity contribution in [2.24, 2.45) is 18.2 Å². The van der Waals surface area contributed by atoms with E-state index < -0.39 is 6.04 Å². The van der Waals surface area contributed by atoms with Crippen molar-refractivity contribution in [2.45, 2.75) is 33.4 Å². The Morgan fingerprint density at radius 3 is 2.69 bits per heavy atom. The van der Waals surface area contributed by atoms with E-state index >= 15 is 0 Å². The molecule has 16 heavy (non-hydrogen) atoms. The molecule has 1 rings (SSSR count). The summed E-state index contributed by atoms with van der Waals surface area (Å²) in [5, 5.41) is 6.94. The lowest BCUT2D eigenvalue weighted by molar-refractivity contribution is -0.124. The van der Waals surface area contributed by atoms with Crippen molar-refractivity contribution in [3.05, 3.63) is 18.0 Å². The highest BCUT2D eigenvalue weighted by Gasteiger charge is 2.27. The molecule has 5 heteroatoms. The van der Waals surface area contributed by atoms with Gasteiger partial charge < -0.3 is 11.1 Å². The van der Waals surface area contributed by atoms with E-state index in [9.17, 15) is 4.79 Å². The number of nitrogens with zero attached hydrogens (tertiary/aromatic N) is 2. The van der Waals surface area contributed by atoms with Crippen LogP contribution in [-0.2, 0) is 18.4 Å². The molecule has 0 saturated carbocycles. The second-order valence-corrected chi connectivity index (χ2v) is 5.04. The molecule has 0 spiro atoms. The summed E-state index contributed by atoms with van der Waals surface area (Å²) >= 11 is 0. The summed E-state index contributed by atoms with van der Waals surface area (Å²) in [6.07, 6.45) is 1.84. The Hall–Kier alpha value is -1.36. The summed E-state index contributed by atoms with van der Waals surface area (Å²) in [6.45, 7) is 6.25. The zero-order valence-electron chi connectivity index (χ0n) is 10.3. The van der Waals surface area contributed by atoms with Gasteiger partial charge >= 0.3 is 0 Å². The molecule has 0 aliphatic rings. The number of amides is 1. The fourth-order valence-electron chi connectivity index (χ4n) is 1.24. The number of hydrogen-bond acceptors (Lipinski definition) is 3. The van der Waals surface area contributed by atoms with Gasteiger partial charge in [-0.1, -0.05) is 20.8 Å². The third-order valence-electron chi connectivity index (χ3n) is 2.43. The standard InChI is InChI=1S/C11H20N4O/c1-11(2,3)9(12)10(16)13-7-8-5-6-15(4)14-8/h5-6,9H,7,12H2,1-4H3,(H,13,16)/t9-/m0/s1. The van der Waals surface area contributed by atoms with Crippen LogP contribution in [0, 0.1) is 5.41 Å². The number of aromatic nitrogens is 2. The number of hydrogen-bond donors (Lipinski definition) is 2. The quantitative estimate of drug-likeness (QED) is 0.781. The molecule has 0 bridgehead atoms. The smallest absolute Gasteiger partial charge is 0.237 e. The topological polar surface area (TPSA) is 72.9 Å².